The number of rotatable bonds is 6. The number of likely N-dealkylation sites (N-methyl/N-ethyl adjacent to an activating group) is 1. The van der Waals surface area contributed by atoms with Gasteiger partial charge < -0.3 is 16.0 Å². The zero-order valence-electron chi connectivity index (χ0n) is 15.4. The van der Waals surface area contributed by atoms with Crippen LogP contribution in [-0.2, 0) is 16.1 Å². The molecule has 0 spiro atoms. The molecular weight excluding hydrogens is 334 g/mol. The second kappa shape index (κ2) is 7.88. The van der Waals surface area contributed by atoms with Gasteiger partial charge >= 0.3 is 0 Å². The number of amides is 3. The van der Waals surface area contributed by atoms with Gasteiger partial charge in [0, 0.05) is 30.7 Å². The molecular formula is C18H27N5O3. The van der Waals surface area contributed by atoms with E-state index >= 15 is 0 Å². The van der Waals surface area contributed by atoms with E-state index in [1.807, 2.05) is 6.92 Å². The summed E-state index contributed by atoms with van der Waals surface area (Å²) in [6, 6.07) is 2.01. The van der Waals surface area contributed by atoms with E-state index in [4.69, 9.17) is 0 Å². The summed E-state index contributed by atoms with van der Waals surface area (Å²) in [4.78, 5) is 36.2. The molecule has 2 atom stereocenters. The van der Waals surface area contributed by atoms with Gasteiger partial charge in [0.1, 0.15) is 12.2 Å². The van der Waals surface area contributed by atoms with Gasteiger partial charge in [-0.25, -0.2) is 0 Å². The smallest absolute Gasteiger partial charge is 0.272 e. The summed E-state index contributed by atoms with van der Waals surface area (Å²) in [7, 11) is 1.56. The van der Waals surface area contributed by atoms with Crippen molar-refractivity contribution in [2.45, 2.75) is 64.1 Å². The summed E-state index contributed by atoms with van der Waals surface area (Å²) in [6.45, 7) is 1.89. The molecule has 3 rings (SSSR count). The quantitative estimate of drug-likeness (QED) is 0.686. The number of hydrogen-bond acceptors (Lipinski definition) is 4. The molecule has 1 aromatic rings. The number of carbonyl (C=O) groups is 3. The Bertz CT molecular complexity index is 695. The monoisotopic (exact) mass is 361 g/mol. The molecule has 8 nitrogen and oxygen atoms in total. The number of nitrogens with zero attached hydrogens (tertiary/aromatic N) is 2. The second-order valence-electron chi connectivity index (χ2n) is 7.32. The van der Waals surface area contributed by atoms with E-state index in [-0.39, 0.29) is 36.2 Å². The van der Waals surface area contributed by atoms with Crippen LogP contribution in [0.15, 0.2) is 6.07 Å². The normalized spacial score (nSPS) is 22.5. The molecule has 0 saturated heterocycles. The molecule has 1 aromatic heterocycles. The van der Waals surface area contributed by atoms with Crippen molar-refractivity contribution >= 4 is 17.7 Å². The third kappa shape index (κ3) is 4.23. The molecule has 0 unspecified atom stereocenters. The fraction of sp³-hybridized carbons (Fsp3) is 0.667. The van der Waals surface area contributed by atoms with Crippen LogP contribution in [0.4, 0.5) is 0 Å². The molecule has 3 amide bonds. The Kier molecular flexibility index (Phi) is 5.58. The van der Waals surface area contributed by atoms with Crippen molar-refractivity contribution in [3.8, 4) is 0 Å². The molecule has 1 heterocycles. The minimum Gasteiger partial charge on any atom is -0.358 e. The van der Waals surface area contributed by atoms with Gasteiger partial charge in [-0.2, -0.15) is 5.10 Å². The van der Waals surface area contributed by atoms with Crippen LogP contribution in [0.3, 0.4) is 0 Å². The topological polar surface area (TPSA) is 105 Å². The van der Waals surface area contributed by atoms with E-state index in [0.717, 1.165) is 31.4 Å². The fourth-order valence-electron chi connectivity index (χ4n) is 3.48. The van der Waals surface area contributed by atoms with E-state index in [2.05, 4.69) is 21.0 Å². The summed E-state index contributed by atoms with van der Waals surface area (Å²) >= 11 is 0. The summed E-state index contributed by atoms with van der Waals surface area (Å²) in [5, 5.41) is 12.8. The van der Waals surface area contributed by atoms with Crippen LogP contribution >= 0.6 is 0 Å². The second-order valence-corrected chi connectivity index (χ2v) is 7.32. The highest BCUT2D eigenvalue weighted by molar-refractivity contribution is 5.92. The fourth-order valence-corrected chi connectivity index (χ4v) is 3.48. The lowest BCUT2D eigenvalue weighted by Gasteiger charge is -2.27. The Morgan fingerprint density at radius 3 is 2.58 bits per heavy atom. The Balaban J connectivity index is 1.51. The van der Waals surface area contributed by atoms with Gasteiger partial charge in [-0.05, 0) is 51.5 Å². The Morgan fingerprint density at radius 2 is 1.92 bits per heavy atom. The molecule has 0 bridgehead atoms. The van der Waals surface area contributed by atoms with Crippen molar-refractivity contribution in [2.24, 2.45) is 5.92 Å². The molecule has 26 heavy (non-hydrogen) atoms. The predicted octanol–water partition coefficient (Wildman–Crippen LogP) is 0.505. The molecule has 2 aliphatic carbocycles. The van der Waals surface area contributed by atoms with Gasteiger partial charge in [0.05, 0.1) is 0 Å². The summed E-state index contributed by atoms with van der Waals surface area (Å²) in [5.41, 5.74) is 1.05. The number of carbonyl (C=O) groups excluding carboxylic acids is 3. The van der Waals surface area contributed by atoms with Crippen LogP contribution in [0.2, 0.25) is 0 Å². The first-order valence-electron chi connectivity index (χ1n) is 9.32. The van der Waals surface area contributed by atoms with Gasteiger partial charge in [-0.15, -0.1) is 0 Å². The molecule has 2 saturated carbocycles. The van der Waals surface area contributed by atoms with Crippen molar-refractivity contribution in [3.63, 3.8) is 0 Å². The van der Waals surface area contributed by atoms with E-state index in [1.54, 1.807) is 13.1 Å². The van der Waals surface area contributed by atoms with Crippen LogP contribution < -0.4 is 16.0 Å². The standard InChI is InChI=1S/C18H27N5O3/c1-11-8-15(22-23(11)10-16(24)19-2)18(26)21-14-7-6-12(9-14)17(25)20-13-4-3-5-13/h8,12-14H,3-7,9-10H2,1-2H3,(H,19,24)(H,20,25)(H,21,26)/t12-,14+/m1/s1. The molecule has 8 heteroatoms. The number of aromatic nitrogens is 2. The van der Waals surface area contributed by atoms with Gasteiger partial charge in [-0.3, -0.25) is 19.1 Å². The van der Waals surface area contributed by atoms with Crippen molar-refractivity contribution in [3.05, 3.63) is 17.5 Å². The number of hydrogen-bond donors (Lipinski definition) is 3. The van der Waals surface area contributed by atoms with Crippen LogP contribution in [-0.4, -0.2) is 46.6 Å². The van der Waals surface area contributed by atoms with Crippen LogP contribution in [0.25, 0.3) is 0 Å². The third-order valence-electron chi connectivity index (χ3n) is 5.38. The lowest BCUT2D eigenvalue weighted by atomic mass is 9.92. The molecule has 2 fully saturated rings. The first-order valence-corrected chi connectivity index (χ1v) is 9.32. The van der Waals surface area contributed by atoms with Crippen molar-refractivity contribution in [1.29, 1.82) is 0 Å². The first kappa shape index (κ1) is 18.4. The van der Waals surface area contributed by atoms with Crippen molar-refractivity contribution < 1.29 is 14.4 Å². The third-order valence-corrected chi connectivity index (χ3v) is 5.38. The highest BCUT2D eigenvalue weighted by atomic mass is 16.2. The Labute approximate surface area is 153 Å². The molecule has 0 aromatic carbocycles. The maximum atomic E-state index is 12.4. The van der Waals surface area contributed by atoms with Gasteiger partial charge in [0.2, 0.25) is 11.8 Å². The lowest BCUT2D eigenvalue weighted by Crippen LogP contribution is -2.42. The molecule has 3 N–H and O–H groups in total. The van der Waals surface area contributed by atoms with Crippen molar-refractivity contribution in [2.75, 3.05) is 7.05 Å². The average molecular weight is 361 g/mol. The zero-order valence-corrected chi connectivity index (χ0v) is 15.4. The first-order chi connectivity index (χ1) is 12.5. The molecule has 0 aliphatic heterocycles. The minimum absolute atomic E-state index is 0.0102. The van der Waals surface area contributed by atoms with Gasteiger partial charge in [0.15, 0.2) is 0 Å². The van der Waals surface area contributed by atoms with Crippen LogP contribution in [0.5, 0.6) is 0 Å². The SMILES string of the molecule is CNC(=O)Cn1nc(C(=O)N[C@H]2CC[C@@H](C(=O)NC3CCC3)C2)cc1C. The molecule has 142 valence electrons. The van der Waals surface area contributed by atoms with E-state index < -0.39 is 0 Å². The van der Waals surface area contributed by atoms with Crippen LogP contribution in [0, 0.1) is 12.8 Å². The lowest BCUT2D eigenvalue weighted by molar-refractivity contribution is -0.126. The largest absolute Gasteiger partial charge is 0.358 e. The zero-order chi connectivity index (χ0) is 18.7. The van der Waals surface area contributed by atoms with Crippen molar-refractivity contribution in [1.82, 2.24) is 25.7 Å². The molecule has 2 aliphatic rings. The maximum Gasteiger partial charge on any atom is 0.272 e. The average Bonchev–Trinajstić information content (AvgIpc) is 3.18. The van der Waals surface area contributed by atoms with E-state index in [0.29, 0.717) is 18.2 Å². The summed E-state index contributed by atoms with van der Waals surface area (Å²) in [6.07, 6.45) is 5.62. The van der Waals surface area contributed by atoms with Gasteiger partial charge in [0.25, 0.3) is 5.91 Å². The summed E-state index contributed by atoms with van der Waals surface area (Å²) in [5.74, 6) is -0.321. The minimum atomic E-state index is -0.256. The van der Waals surface area contributed by atoms with Gasteiger partial charge in [-0.1, -0.05) is 0 Å². The predicted molar refractivity (Wildman–Crippen MR) is 95.4 cm³/mol. The van der Waals surface area contributed by atoms with E-state index in [1.165, 1.54) is 11.1 Å². The van der Waals surface area contributed by atoms with Crippen LogP contribution in [0.1, 0.15) is 54.7 Å². The number of nitrogens with one attached hydrogen (secondary N) is 3. The highest BCUT2D eigenvalue weighted by Crippen LogP contribution is 2.27. The van der Waals surface area contributed by atoms with E-state index in [9.17, 15) is 14.4 Å². The summed E-state index contributed by atoms with van der Waals surface area (Å²) < 4.78 is 1.51. The molecule has 0 radical (unpaired) electrons. The Morgan fingerprint density at radius 1 is 1.15 bits per heavy atom. The Hall–Kier alpha value is -2.38. The maximum absolute atomic E-state index is 12.4. The number of aryl methyl sites for hydroxylation is 1. The highest BCUT2D eigenvalue weighted by Gasteiger charge is 2.33.